The Hall–Kier alpha value is -2.21. The highest BCUT2D eigenvalue weighted by atomic mass is 32.2. The molecule has 0 spiro atoms. The van der Waals surface area contributed by atoms with Crippen LogP contribution < -0.4 is 5.73 Å². The summed E-state index contributed by atoms with van der Waals surface area (Å²) in [5.74, 6) is 0.415. The Bertz CT molecular complexity index is 868. The summed E-state index contributed by atoms with van der Waals surface area (Å²) in [6.45, 7) is 3.84. The lowest BCUT2D eigenvalue weighted by Gasteiger charge is -2.33. The molecule has 0 bridgehead atoms. The van der Waals surface area contributed by atoms with E-state index in [1.807, 2.05) is 26.0 Å². The summed E-state index contributed by atoms with van der Waals surface area (Å²) in [5, 5.41) is 0.489. The molecule has 0 saturated carbocycles. The fraction of sp³-hybridized carbons (Fsp3) is 0.350. The van der Waals surface area contributed by atoms with Gasteiger partial charge in [-0.25, -0.2) is 4.39 Å². The third-order valence-electron chi connectivity index (χ3n) is 4.75. The van der Waals surface area contributed by atoms with Crippen LogP contribution in [0.2, 0.25) is 0 Å². The van der Waals surface area contributed by atoms with E-state index < -0.39 is 5.54 Å². The molecule has 136 valence electrons. The molecule has 2 aromatic rings. The second-order valence-corrected chi connectivity index (χ2v) is 7.63. The Morgan fingerprint density at radius 1 is 1.35 bits per heavy atom. The van der Waals surface area contributed by atoms with Crippen molar-refractivity contribution in [3.05, 3.63) is 64.7 Å². The third kappa shape index (κ3) is 3.80. The van der Waals surface area contributed by atoms with Gasteiger partial charge in [0.05, 0.1) is 5.54 Å². The molecule has 0 aliphatic carbocycles. The standard InChI is InChI=1S/C20H22FN3OS/c1-3-20(9-10-26-19(22)24-20)15-11-14(7-8-16(15)21)12-18(25)17-6-4-5-13(2)23-17/h4-8,11H,3,9-10,12H2,1-2H3,(H2,22,24)/t20-/m0/s1. The van der Waals surface area contributed by atoms with Gasteiger partial charge in [0.15, 0.2) is 11.0 Å². The molecule has 0 saturated heterocycles. The molecule has 26 heavy (non-hydrogen) atoms. The largest absolute Gasteiger partial charge is 0.379 e. The monoisotopic (exact) mass is 371 g/mol. The van der Waals surface area contributed by atoms with Crippen molar-refractivity contribution in [3.63, 3.8) is 0 Å². The second kappa shape index (κ2) is 7.58. The first-order chi connectivity index (χ1) is 12.4. The van der Waals surface area contributed by atoms with E-state index in [0.29, 0.717) is 22.8 Å². The fourth-order valence-electron chi connectivity index (χ4n) is 3.28. The lowest BCUT2D eigenvalue weighted by Crippen LogP contribution is -2.32. The van der Waals surface area contributed by atoms with E-state index >= 15 is 0 Å². The number of pyridine rings is 1. The molecule has 6 heteroatoms. The summed E-state index contributed by atoms with van der Waals surface area (Å²) in [7, 11) is 0. The molecule has 0 unspecified atom stereocenters. The number of carbonyl (C=O) groups excluding carboxylic acids is 1. The van der Waals surface area contributed by atoms with Crippen LogP contribution in [0.15, 0.2) is 41.4 Å². The van der Waals surface area contributed by atoms with E-state index in [0.717, 1.165) is 23.4 Å². The zero-order chi connectivity index (χ0) is 18.7. The van der Waals surface area contributed by atoms with E-state index in [9.17, 15) is 9.18 Å². The molecule has 1 aliphatic heterocycles. The molecule has 0 radical (unpaired) electrons. The Morgan fingerprint density at radius 2 is 2.15 bits per heavy atom. The molecular weight excluding hydrogens is 349 g/mol. The van der Waals surface area contributed by atoms with Crippen molar-refractivity contribution in [1.82, 2.24) is 4.98 Å². The minimum absolute atomic E-state index is 0.0842. The van der Waals surface area contributed by atoms with Crippen LogP contribution in [0.4, 0.5) is 4.39 Å². The Kier molecular flexibility index (Phi) is 5.41. The quantitative estimate of drug-likeness (QED) is 0.806. The first-order valence-corrected chi connectivity index (χ1v) is 9.66. The maximum atomic E-state index is 14.6. The predicted molar refractivity (Wildman–Crippen MR) is 104 cm³/mol. The number of aryl methyl sites for hydroxylation is 1. The second-order valence-electron chi connectivity index (χ2n) is 6.51. The fourth-order valence-corrected chi connectivity index (χ4v) is 4.17. The molecule has 0 fully saturated rings. The molecule has 2 heterocycles. The summed E-state index contributed by atoms with van der Waals surface area (Å²) in [6, 6.07) is 10.2. The van der Waals surface area contributed by atoms with Gasteiger partial charge in [-0.1, -0.05) is 30.8 Å². The summed E-state index contributed by atoms with van der Waals surface area (Å²) < 4.78 is 14.6. The highest BCUT2D eigenvalue weighted by molar-refractivity contribution is 8.13. The number of nitrogens with zero attached hydrogens (tertiary/aromatic N) is 2. The number of hydrogen-bond acceptors (Lipinski definition) is 5. The molecule has 2 N–H and O–H groups in total. The van der Waals surface area contributed by atoms with Gasteiger partial charge in [-0.3, -0.25) is 14.8 Å². The summed E-state index contributed by atoms with van der Waals surface area (Å²) in [6.07, 6.45) is 1.56. The van der Waals surface area contributed by atoms with Crippen molar-refractivity contribution in [2.24, 2.45) is 10.7 Å². The zero-order valence-corrected chi connectivity index (χ0v) is 15.8. The summed E-state index contributed by atoms with van der Waals surface area (Å²) in [4.78, 5) is 21.4. The predicted octanol–water partition coefficient (Wildman–Crippen LogP) is 4.01. The molecule has 1 aliphatic rings. The number of benzene rings is 1. The number of carbonyl (C=O) groups is 1. The number of halogens is 1. The molecule has 3 rings (SSSR count). The topological polar surface area (TPSA) is 68.3 Å². The highest BCUT2D eigenvalue weighted by Crippen LogP contribution is 2.39. The van der Waals surface area contributed by atoms with Crippen LogP contribution in [0.5, 0.6) is 0 Å². The number of rotatable bonds is 5. The molecular formula is C20H22FN3OS. The number of aliphatic imine (C=N–C) groups is 1. The van der Waals surface area contributed by atoms with Crippen LogP contribution >= 0.6 is 11.8 Å². The lowest BCUT2D eigenvalue weighted by molar-refractivity contribution is 0.0988. The number of amidine groups is 1. The van der Waals surface area contributed by atoms with Crippen molar-refractivity contribution >= 4 is 22.7 Å². The number of ketones is 1. The highest BCUT2D eigenvalue weighted by Gasteiger charge is 2.35. The van der Waals surface area contributed by atoms with E-state index in [-0.39, 0.29) is 18.0 Å². The minimum atomic E-state index is -0.653. The lowest BCUT2D eigenvalue weighted by atomic mass is 9.83. The molecule has 4 nitrogen and oxygen atoms in total. The molecule has 1 aromatic heterocycles. The SMILES string of the molecule is CC[C@@]1(c2cc(CC(=O)c3cccc(C)n3)ccc2F)CCSC(N)=N1. The van der Waals surface area contributed by atoms with Crippen molar-refractivity contribution in [3.8, 4) is 0 Å². The van der Waals surface area contributed by atoms with Crippen LogP contribution in [-0.4, -0.2) is 21.7 Å². The van der Waals surface area contributed by atoms with Gasteiger partial charge < -0.3 is 5.73 Å². The molecule has 1 aromatic carbocycles. The van der Waals surface area contributed by atoms with Gasteiger partial charge >= 0.3 is 0 Å². The van der Waals surface area contributed by atoms with E-state index in [2.05, 4.69) is 9.98 Å². The van der Waals surface area contributed by atoms with Crippen LogP contribution in [0, 0.1) is 12.7 Å². The van der Waals surface area contributed by atoms with Gasteiger partial charge in [0.25, 0.3) is 0 Å². The maximum absolute atomic E-state index is 14.6. The molecule has 0 amide bonds. The Balaban J connectivity index is 1.93. The first kappa shape index (κ1) is 18.6. The van der Waals surface area contributed by atoms with Gasteiger partial charge in [-0.2, -0.15) is 0 Å². The van der Waals surface area contributed by atoms with Crippen LogP contribution in [0.1, 0.15) is 47.1 Å². The van der Waals surface area contributed by atoms with Crippen molar-refractivity contribution in [1.29, 1.82) is 0 Å². The van der Waals surface area contributed by atoms with Crippen LogP contribution in [0.25, 0.3) is 0 Å². The number of thioether (sulfide) groups is 1. The number of hydrogen-bond donors (Lipinski definition) is 1. The molecule has 1 atom stereocenters. The first-order valence-electron chi connectivity index (χ1n) is 8.67. The number of Topliss-reactive ketones (excluding diaryl/α,β-unsaturated/α-hetero) is 1. The Labute approximate surface area is 157 Å². The van der Waals surface area contributed by atoms with Crippen LogP contribution in [0.3, 0.4) is 0 Å². The maximum Gasteiger partial charge on any atom is 0.185 e. The zero-order valence-electron chi connectivity index (χ0n) is 15.0. The third-order valence-corrected chi connectivity index (χ3v) is 5.54. The van der Waals surface area contributed by atoms with Gasteiger partial charge in [0.2, 0.25) is 0 Å². The van der Waals surface area contributed by atoms with E-state index in [4.69, 9.17) is 5.73 Å². The van der Waals surface area contributed by atoms with Gasteiger partial charge in [0.1, 0.15) is 11.5 Å². The normalized spacial score (nSPS) is 19.9. The minimum Gasteiger partial charge on any atom is -0.379 e. The van der Waals surface area contributed by atoms with Crippen molar-refractivity contribution < 1.29 is 9.18 Å². The van der Waals surface area contributed by atoms with Crippen molar-refractivity contribution in [2.75, 3.05) is 5.75 Å². The van der Waals surface area contributed by atoms with E-state index in [1.165, 1.54) is 17.8 Å². The van der Waals surface area contributed by atoms with Gasteiger partial charge in [-0.15, -0.1) is 0 Å². The Morgan fingerprint density at radius 3 is 2.85 bits per heavy atom. The smallest absolute Gasteiger partial charge is 0.185 e. The average molecular weight is 371 g/mol. The van der Waals surface area contributed by atoms with Crippen LogP contribution in [-0.2, 0) is 12.0 Å². The average Bonchev–Trinajstić information content (AvgIpc) is 2.63. The van der Waals surface area contributed by atoms with Crippen molar-refractivity contribution in [2.45, 2.75) is 38.6 Å². The van der Waals surface area contributed by atoms with Gasteiger partial charge in [-0.05, 0) is 49.6 Å². The summed E-state index contributed by atoms with van der Waals surface area (Å²) in [5.41, 5.74) is 7.76. The van der Waals surface area contributed by atoms with E-state index in [1.54, 1.807) is 18.2 Å². The van der Waals surface area contributed by atoms with Gasteiger partial charge in [0, 0.05) is 23.4 Å². The number of nitrogens with two attached hydrogens (primary N) is 1. The summed E-state index contributed by atoms with van der Waals surface area (Å²) >= 11 is 1.49. The number of aromatic nitrogens is 1.